The molecule has 0 heterocycles. The van der Waals surface area contributed by atoms with E-state index >= 15 is 0 Å². The lowest BCUT2D eigenvalue weighted by molar-refractivity contribution is 0.0945. The van der Waals surface area contributed by atoms with Gasteiger partial charge in [-0.3, -0.25) is 4.79 Å². The van der Waals surface area contributed by atoms with Crippen LogP contribution in [0.25, 0.3) is 0 Å². The highest BCUT2D eigenvalue weighted by atomic mass is 35.5. The summed E-state index contributed by atoms with van der Waals surface area (Å²) in [5.41, 5.74) is 6.28. The van der Waals surface area contributed by atoms with Crippen molar-refractivity contribution in [2.45, 2.75) is 13.3 Å². The Morgan fingerprint density at radius 3 is 2.72 bits per heavy atom. The number of carbonyl (C=O) groups is 1. The maximum absolute atomic E-state index is 11.8. The third-order valence-electron chi connectivity index (χ3n) is 2.55. The average Bonchev–Trinajstić information content (AvgIpc) is 2.32. The van der Waals surface area contributed by atoms with Crippen molar-refractivity contribution in [2.24, 2.45) is 5.92 Å². The Morgan fingerprint density at radius 1 is 1.50 bits per heavy atom. The van der Waals surface area contributed by atoms with Crippen molar-refractivity contribution in [3.8, 4) is 0 Å². The number of hydrogen-bond donors (Lipinski definition) is 3. The van der Waals surface area contributed by atoms with Crippen molar-refractivity contribution in [3.05, 3.63) is 27.7 Å². The third-order valence-corrected chi connectivity index (χ3v) is 3.37. The lowest BCUT2D eigenvalue weighted by Crippen LogP contribution is -2.28. The zero-order chi connectivity index (χ0) is 13.7. The molecule has 1 atom stereocenters. The first-order chi connectivity index (χ1) is 8.45. The zero-order valence-corrected chi connectivity index (χ0v) is 11.6. The van der Waals surface area contributed by atoms with Gasteiger partial charge in [-0.15, -0.1) is 0 Å². The molecule has 0 bridgehead atoms. The smallest absolute Gasteiger partial charge is 0.251 e. The molecule has 0 aliphatic heterocycles. The summed E-state index contributed by atoms with van der Waals surface area (Å²) in [6.45, 7) is 2.54. The van der Waals surface area contributed by atoms with Crippen molar-refractivity contribution >= 4 is 34.8 Å². The number of benzene rings is 1. The number of aliphatic hydroxyl groups is 1. The molecule has 100 valence electrons. The molecule has 0 saturated heterocycles. The molecule has 4 nitrogen and oxygen atoms in total. The molecule has 1 amide bonds. The topological polar surface area (TPSA) is 75.3 Å². The SMILES string of the molecule is CC(CCO)CNC(=O)c1cc(N)c(Cl)c(Cl)c1. The Balaban J connectivity index is 2.67. The van der Waals surface area contributed by atoms with Gasteiger partial charge in [0.2, 0.25) is 0 Å². The van der Waals surface area contributed by atoms with Gasteiger partial charge < -0.3 is 16.2 Å². The molecule has 0 spiro atoms. The van der Waals surface area contributed by atoms with Gasteiger partial charge in [0.1, 0.15) is 0 Å². The molecule has 4 N–H and O–H groups in total. The van der Waals surface area contributed by atoms with Crippen molar-refractivity contribution in [1.29, 1.82) is 0 Å². The summed E-state index contributed by atoms with van der Waals surface area (Å²) < 4.78 is 0. The molecule has 0 aliphatic carbocycles. The van der Waals surface area contributed by atoms with E-state index < -0.39 is 0 Å². The molecular weight excluding hydrogens is 275 g/mol. The number of nitrogen functional groups attached to an aromatic ring is 1. The number of carbonyl (C=O) groups excluding carboxylic acids is 1. The number of aliphatic hydroxyl groups excluding tert-OH is 1. The summed E-state index contributed by atoms with van der Waals surface area (Å²) in [4.78, 5) is 11.8. The lowest BCUT2D eigenvalue weighted by Gasteiger charge is -2.12. The predicted molar refractivity (Wildman–Crippen MR) is 74.1 cm³/mol. The molecular formula is C12H16Cl2N2O2. The van der Waals surface area contributed by atoms with Crippen LogP contribution >= 0.6 is 23.2 Å². The van der Waals surface area contributed by atoms with Crippen LogP contribution in [0.4, 0.5) is 5.69 Å². The number of hydrogen-bond acceptors (Lipinski definition) is 3. The number of nitrogens with two attached hydrogens (primary N) is 1. The van der Waals surface area contributed by atoms with E-state index in [1.165, 1.54) is 12.1 Å². The number of amides is 1. The van der Waals surface area contributed by atoms with Crippen LogP contribution < -0.4 is 11.1 Å². The lowest BCUT2D eigenvalue weighted by atomic mass is 10.1. The van der Waals surface area contributed by atoms with E-state index in [9.17, 15) is 4.79 Å². The van der Waals surface area contributed by atoms with Gasteiger partial charge in [0.05, 0.1) is 15.7 Å². The van der Waals surface area contributed by atoms with Crippen LogP contribution in [0.1, 0.15) is 23.7 Å². The van der Waals surface area contributed by atoms with E-state index in [2.05, 4.69) is 5.32 Å². The summed E-state index contributed by atoms with van der Waals surface area (Å²) in [7, 11) is 0. The van der Waals surface area contributed by atoms with Crippen molar-refractivity contribution in [3.63, 3.8) is 0 Å². The number of halogens is 2. The maximum atomic E-state index is 11.8. The summed E-state index contributed by atoms with van der Waals surface area (Å²) in [5, 5.41) is 12.0. The van der Waals surface area contributed by atoms with E-state index in [1.807, 2.05) is 6.92 Å². The van der Waals surface area contributed by atoms with Crippen LogP contribution in [-0.4, -0.2) is 24.2 Å². The van der Waals surface area contributed by atoms with E-state index in [0.29, 0.717) is 18.5 Å². The van der Waals surface area contributed by atoms with Gasteiger partial charge in [0.15, 0.2) is 0 Å². The highest BCUT2D eigenvalue weighted by molar-refractivity contribution is 6.43. The minimum absolute atomic E-state index is 0.108. The van der Waals surface area contributed by atoms with E-state index in [4.69, 9.17) is 34.0 Å². The van der Waals surface area contributed by atoms with E-state index in [0.717, 1.165) is 0 Å². The monoisotopic (exact) mass is 290 g/mol. The van der Waals surface area contributed by atoms with Gasteiger partial charge in [-0.2, -0.15) is 0 Å². The highest BCUT2D eigenvalue weighted by Crippen LogP contribution is 2.29. The Hall–Kier alpha value is -0.970. The minimum atomic E-state index is -0.259. The second kappa shape index (κ2) is 6.83. The first kappa shape index (κ1) is 15.1. The standard InChI is InChI=1S/C12H16Cl2N2O2/c1-7(2-3-17)6-16-12(18)8-4-9(13)11(14)10(15)5-8/h4-5,7,17H,2-3,6,15H2,1H3,(H,16,18). The summed E-state index contributed by atoms with van der Waals surface area (Å²) in [5.74, 6) is -0.0517. The molecule has 6 heteroatoms. The molecule has 0 radical (unpaired) electrons. The molecule has 1 aromatic carbocycles. The number of nitrogens with one attached hydrogen (secondary N) is 1. The largest absolute Gasteiger partial charge is 0.397 e. The molecule has 0 aromatic heterocycles. The summed E-state index contributed by atoms with van der Waals surface area (Å²) in [6.07, 6.45) is 0.643. The normalized spacial score (nSPS) is 12.2. The van der Waals surface area contributed by atoms with Gasteiger partial charge in [0, 0.05) is 18.7 Å². The number of rotatable bonds is 5. The Morgan fingerprint density at radius 2 is 2.17 bits per heavy atom. The molecule has 18 heavy (non-hydrogen) atoms. The molecule has 1 rings (SSSR count). The second-order valence-corrected chi connectivity index (χ2v) is 4.97. The van der Waals surface area contributed by atoms with Crippen molar-refractivity contribution < 1.29 is 9.90 Å². The third kappa shape index (κ3) is 4.05. The fourth-order valence-corrected chi connectivity index (χ4v) is 1.77. The Bertz CT molecular complexity index is 415. The van der Waals surface area contributed by atoms with Crippen LogP contribution in [0.5, 0.6) is 0 Å². The maximum Gasteiger partial charge on any atom is 0.251 e. The molecule has 0 saturated carbocycles. The fourth-order valence-electron chi connectivity index (χ4n) is 1.43. The van der Waals surface area contributed by atoms with Crippen LogP contribution in [0.3, 0.4) is 0 Å². The van der Waals surface area contributed by atoms with Gasteiger partial charge in [-0.25, -0.2) is 0 Å². The predicted octanol–water partition coefficient (Wildman–Crippen LogP) is 2.32. The van der Waals surface area contributed by atoms with Crippen LogP contribution in [0, 0.1) is 5.92 Å². The van der Waals surface area contributed by atoms with Gasteiger partial charge in [-0.05, 0) is 24.5 Å². The van der Waals surface area contributed by atoms with Crippen LogP contribution in [0.15, 0.2) is 12.1 Å². The van der Waals surface area contributed by atoms with Gasteiger partial charge >= 0.3 is 0 Å². The first-order valence-corrected chi connectivity index (χ1v) is 6.35. The molecule has 0 fully saturated rings. The Kier molecular flexibility index (Phi) is 5.72. The molecule has 0 aliphatic rings. The second-order valence-electron chi connectivity index (χ2n) is 4.19. The Labute approximate surface area is 116 Å². The van der Waals surface area contributed by atoms with Crippen molar-refractivity contribution in [2.75, 3.05) is 18.9 Å². The summed E-state index contributed by atoms with van der Waals surface area (Å²) >= 11 is 11.7. The van der Waals surface area contributed by atoms with E-state index in [1.54, 1.807) is 0 Å². The minimum Gasteiger partial charge on any atom is -0.397 e. The zero-order valence-electron chi connectivity index (χ0n) is 10.0. The van der Waals surface area contributed by atoms with Crippen LogP contribution in [-0.2, 0) is 0 Å². The van der Waals surface area contributed by atoms with Crippen LogP contribution in [0.2, 0.25) is 10.0 Å². The van der Waals surface area contributed by atoms with Crippen molar-refractivity contribution in [1.82, 2.24) is 5.32 Å². The summed E-state index contributed by atoms with van der Waals surface area (Å²) in [6, 6.07) is 2.96. The molecule has 1 aromatic rings. The van der Waals surface area contributed by atoms with Gasteiger partial charge in [-0.1, -0.05) is 30.1 Å². The van der Waals surface area contributed by atoms with E-state index in [-0.39, 0.29) is 34.2 Å². The highest BCUT2D eigenvalue weighted by Gasteiger charge is 2.12. The molecule has 1 unspecified atom stereocenters. The quantitative estimate of drug-likeness (QED) is 0.729. The number of anilines is 1. The fraction of sp³-hybridized carbons (Fsp3) is 0.417. The first-order valence-electron chi connectivity index (χ1n) is 5.59. The van der Waals surface area contributed by atoms with Gasteiger partial charge in [0.25, 0.3) is 5.91 Å². The average molecular weight is 291 g/mol.